The topological polar surface area (TPSA) is 68.3 Å². The molecule has 29 heavy (non-hydrogen) atoms. The summed E-state index contributed by atoms with van der Waals surface area (Å²) in [4.78, 5) is 25.8. The van der Waals surface area contributed by atoms with Gasteiger partial charge in [-0.05, 0) is 43.0 Å². The fourth-order valence-electron chi connectivity index (χ4n) is 2.44. The van der Waals surface area contributed by atoms with E-state index >= 15 is 0 Å². The second kappa shape index (κ2) is 8.42. The first-order chi connectivity index (χ1) is 13.8. The summed E-state index contributed by atoms with van der Waals surface area (Å²) in [5, 5.41) is 1.86. The van der Waals surface area contributed by atoms with Crippen LogP contribution in [0.25, 0.3) is 10.2 Å². The lowest BCUT2D eigenvalue weighted by molar-refractivity contribution is -0.190. The molecule has 152 valence electrons. The predicted octanol–water partition coefficient (Wildman–Crippen LogP) is 4.64. The number of halogens is 3. The van der Waals surface area contributed by atoms with E-state index in [1.807, 2.05) is 5.32 Å². The number of nitrogens with zero attached hydrogens (tertiary/aromatic N) is 1. The number of hydrogen-bond donors (Lipinski definition) is 1. The second-order valence-corrected chi connectivity index (χ2v) is 8.26. The third-order valence-corrected chi connectivity index (χ3v) is 6.21. The molecule has 1 N–H and O–H groups in total. The van der Waals surface area contributed by atoms with Crippen molar-refractivity contribution in [1.29, 1.82) is 0 Å². The number of rotatable bonds is 6. The monoisotopic (exact) mass is 440 g/mol. The molecule has 2 aromatic carbocycles. The van der Waals surface area contributed by atoms with Gasteiger partial charge in [0, 0.05) is 5.56 Å². The number of aromatic nitrogens is 1. The maximum atomic E-state index is 14.2. The van der Waals surface area contributed by atoms with Gasteiger partial charge in [-0.25, -0.2) is 9.78 Å². The van der Waals surface area contributed by atoms with Crippen LogP contribution in [0.15, 0.2) is 58.9 Å². The molecule has 0 bridgehead atoms. The van der Waals surface area contributed by atoms with Crippen molar-refractivity contribution in [2.45, 2.75) is 22.3 Å². The minimum atomic E-state index is -5.15. The number of carbonyl (C=O) groups excluding carboxylic acids is 2. The molecule has 0 spiro atoms. The third kappa shape index (κ3) is 4.38. The quantitative estimate of drug-likeness (QED) is 0.344. The number of thioether (sulfide) groups is 1. The molecule has 0 fully saturated rings. The number of alkyl halides is 3. The summed E-state index contributed by atoms with van der Waals surface area (Å²) in [7, 11) is 0. The van der Waals surface area contributed by atoms with Gasteiger partial charge in [0.15, 0.2) is 4.34 Å². The number of ether oxygens (including phenoxy) is 1. The van der Waals surface area contributed by atoms with Gasteiger partial charge >= 0.3 is 12.1 Å². The predicted molar refractivity (Wildman–Crippen MR) is 105 cm³/mol. The fraction of sp³-hybridized carbons (Fsp3) is 0.211. The Balaban J connectivity index is 2.05. The van der Waals surface area contributed by atoms with Crippen LogP contribution in [-0.2, 0) is 9.53 Å². The summed E-state index contributed by atoms with van der Waals surface area (Å²) in [6, 6.07) is 14.1. The molecule has 0 saturated heterocycles. The maximum Gasteiger partial charge on any atom is 0.432 e. The molecule has 3 aromatic rings. The minimum absolute atomic E-state index is 0.0182. The van der Waals surface area contributed by atoms with Crippen molar-refractivity contribution in [2.75, 3.05) is 6.61 Å². The Kier molecular flexibility index (Phi) is 6.13. The van der Waals surface area contributed by atoms with E-state index in [-0.39, 0.29) is 28.3 Å². The van der Waals surface area contributed by atoms with Crippen molar-refractivity contribution in [3.8, 4) is 0 Å². The van der Waals surface area contributed by atoms with Gasteiger partial charge in [-0.1, -0.05) is 30.3 Å². The van der Waals surface area contributed by atoms with Crippen LogP contribution in [0.3, 0.4) is 0 Å². The number of amides is 1. The van der Waals surface area contributed by atoms with Gasteiger partial charge in [-0.3, -0.25) is 4.79 Å². The summed E-state index contributed by atoms with van der Waals surface area (Å²) in [5.41, 5.74) is 0.477. The fourth-order valence-corrected chi connectivity index (χ4v) is 4.76. The highest BCUT2D eigenvalue weighted by atomic mass is 32.2. The van der Waals surface area contributed by atoms with Crippen LogP contribution in [0.2, 0.25) is 0 Å². The number of fused-ring (bicyclic) bond motifs is 1. The molecule has 0 saturated carbocycles. The Bertz CT molecular complexity index is 991. The lowest BCUT2D eigenvalue weighted by Gasteiger charge is -2.32. The lowest BCUT2D eigenvalue weighted by Crippen LogP contribution is -2.62. The van der Waals surface area contributed by atoms with Gasteiger partial charge in [-0.2, -0.15) is 13.2 Å². The van der Waals surface area contributed by atoms with Crippen molar-refractivity contribution < 1.29 is 27.5 Å². The molecule has 3 rings (SSSR count). The van der Waals surface area contributed by atoms with Crippen LogP contribution < -0.4 is 5.32 Å². The maximum absolute atomic E-state index is 14.2. The van der Waals surface area contributed by atoms with Crippen molar-refractivity contribution in [1.82, 2.24) is 10.3 Å². The summed E-state index contributed by atoms with van der Waals surface area (Å²) in [6.45, 7) is 1.11. The number of esters is 1. The number of benzene rings is 2. The molecular weight excluding hydrogens is 425 g/mol. The minimum Gasteiger partial charge on any atom is -0.463 e. The second-order valence-electron chi connectivity index (χ2n) is 5.77. The van der Waals surface area contributed by atoms with E-state index in [0.717, 1.165) is 11.3 Å². The molecule has 1 heterocycles. The number of hydrogen-bond acceptors (Lipinski definition) is 6. The van der Waals surface area contributed by atoms with Gasteiger partial charge in [0.25, 0.3) is 10.8 Å². The smallest absolute Gasteiger partial charge is 0.432 e. The number of carbonyl (C=O) groups is 2. The van der Waals surface area contributed by atoms with E-state index < -0.39 is 22.9 Å². The molecule has 10 heteroatoms. The van der Waals surface area contributed by atoms with Crippen LogP contribution in [-0.4, -0.2) is 34.5 Å². The first-order valence-corrected chi connectivity index (χ1v) is 10.1. The Morgan fingerprint density at radius 1 is 1.10 bits per heavy atom. The van der Waals surface area contributed by atoms with Crippen LogP contribution in [0.4, 0.5) is 13.2 Å². The summed E-state index contributed by atoms with van der Waals surface area (Å²) in [5.74, 6) is -2.66. The summed E-state index contributed by atoms with van der Waals surface area (Å²) in [6.07, 6.45) is -5.15. The van der Waals surface area contributed by atoms with E-state index in [1.165, 1.54) is 31.2 Å². The molecular formula is C19H15F3N2O3S2. The van der Waals surface area contributed by atoms with Crippen LogP contribution in [0.5, 0.6) is 0 Å². The Labute approximate surface area is 172 Å². The molecule has 0 aliphatic heterocycles. The van der Waals surface area contributed by atoms with E-state index in [9.17, 15) is 22.8 Å². The van der Waals surface area contributed by atoms with Crippen LogP contribution in [0.1, 0.15) is 17.3 Å². The standard InChI is InChI=1S/C19H15F3N2O3S2/c1-2-27-16(26)18(19(20,21)22,24-15(25)12-8-4-3-5-9-12)29-17-23-13-10-6-7-11-14(13)28-17/h3-11H,2H2,1H3,(H,24,25)/t18-/m1/s1. The zero-order valence-electron chi connectivity index (χ0n) is 15.0. The lowest BCUT2D eigenvalue weighted by atomic mass is 10.2. The van der Waals surface area contributed by atoms with E-state index in [2.05, 4.69) is 4.98 Å². The SMILES string of the molecule is CCOC(=O)[C@@](NC(=O)c1ccccc1)(Sc1nc2ccccc2s1)C(F)(F)F. The molecule has 1 aromatic heterocycles. The molecule has 1 atom stereocenters. The molecule has 0 radical (unpaired) electrons. The van der Waals surface area contributed by atoms with Crippen molar-refractivity contribution in [2.24, 2.45) is 0 Å². The van der Waals surface area contributed by atoms with Gasteiger partial charge in [0.1, 0.15) is 0 Å². The molecule has 0 aliphatic rings. The zero-order chi connectivity index (χ0) is 21.1. The van der Waals surface area contributed by atoms with E-state index in [0.29, 0.717) is 10.2 Å². The van der Waals surface area contributed by atoms with Gasteiger partial charge in [0.2, 0.25) is 0 Å². The van der Waals surface area contributed by atoms with Gasteiger partial charge in [-0.15, -0.1) is 11.3 Å². The molecule has 5 nitrogen and oxygen atoms in total. The van der Waals surface area contributed by atoms with E-state index in [4.69, 9.17) is 4.74 Å². The first-order valence-electron chi connectivity index (χ1n) is 8.43. The average Bonchev–Trinajstić information content (AvgIpc) is 3.09. The number of para-hydroxylation sites is 1. The van der Waals surface area contributed by atoms with Crippen molar-refractivity contribution in [3.05, 3.63) is 60.2 Å². The van der Waals surface area contributed by atoms with Gasteiger partial charge < -0.3 is 10.1 Å². The zero-order valence-corrected chi connectivity index (χ0v) is 16.7. The van der Waals surface area contributed by atoms with Crippen molar-refractivity contribution >= 4 is 45.2 Å². The van der Waals surface area contributed by atoms with Gasteiger partial charge in [0.05, 0.1) is 16.8 Å². The van der Waals surface area contributed by atoms with Crippen LogP contribution >= 0.6 is 23.1 Å². The normalized spacial score (nSPS) is 13.7. The summed E-state index contributed by atoms with van der Waals surface area (Å²) < 4.78 is 48.0. The Morgan fingerprint density at radius 2 is 1.76 bits per heavy atom. The Hall–Kier alpha value is -2.59. The average molecular weight is 440 g/mol. The van der Waals surface area contributed by atoms with Crippen LogP contribution in [0, 0.1) is 0 Å². The Morgan fingerprint density at radius 3 is 2.38 bits per heavy atom. The number of nitrogens with one attached hydrogen (secondary N) is 1. The highest BCUT2D eigenvalue weighted by Crippen LogP contribution is 2.46. The highest BCUT2D eigenvalue weighted by molar-refractivity contribution is 8.03. The molecule has 0 unspecified atom stereocenters. The highest BCUT2D eigenvalue weighted by Gasteiger charge is 2.64. The third-order valence-electron chi connectivity index (χ3n) is 3.80. The van der Waals surface area contributed by atoms with E-state index in [1.54, 1.807) is 30.3 Å². The molecule has 1 amide bonds. The number of thiazole rings is 1. The molecule has 0 aliphatic carbocycles. The van der Waals surface area contributed by atoms with Crippen molar-refractivity contribution in [3.63, 3.8) is 0 Å². The summed E-state index contributed by atoms with van der Waals surface area (Å²) >= 11 is 1.11. The largest absolute Gasteiger partial charge is 0.463 e. The first kappa shape index (κ1) is 21.1.